The minimum atomic E-state index is -4.74. The first kappa shape index (κ1) is 16.4. The van der Waals surface area contributed by atoms with Crippen molar-refractivity contribution in [1.29, 1.82) is 5.26 Å². The average molecular weight is 290 g/mol. The van der Waals surface area contributed by atoms with Crippen molar-refractivity contribution in [3.05, 3.63) is 29.6 Å². The molecule has 2 atom stereocenters. The van der Waals surface area contributed by atoms with Gasteiger partial charge in [-0.15, -0.1) is 0 Å². The Balaban J connectivity index is 2.91. The van der Waals surface area contributed by atoms with Gasteiger partial charge < -0.3 is 14.6 Å². The number of aliphatic hydroxyl groups is 1. The van der Waals surface area contributed by atoms with Gasteiger partial charge in [0.1, 0.15) is 18.6 Å². The Hall–Kier alpha value is -1.69. The Labute approximate surface area is 113 Å². The molecule has 110 valence electrons. The first-order valence-electron chi connectivity index (χ1n) is 5.60. The lowest BCUT2D eigenvalue weighted by Gasteiger charge is -2.22. The van der Waals surface area contributed by atoms with Crippen molar-refractivity contribution in [2.45, 2.75) is 24.8 Å². The zero-order chi connectivity index (χ0) is 15.2. The lowest BCUT2D eigenvalue weighted by molar-refractivity contribution is -0.216. The molecule has 0 saturated carbocycles. The molecule has 1 heterocycles. The highest BCUT2D eigenvalue weighted by Gasteiger charge is 2.40. The molecule has 1 rings (SSSR count). The standard InChI is InChI=1S/C12H13F3N2O3/c1-19-7-20-10(5-11(18)12(13,14)15)8-2-3-17-9(4-8)6-16/h2-4,10-11,18H,5,7H2,1H3. The molecule has 1 N–H and O–H groups in total. The minimum Gasteiger partial charge on any atom is -0.384 e. The molecule has 1 aromatic heterocycles. The van der Waals surface area contributed by atoms with Gasteiger partial charge in [0.2, 0.25) is 0 Å². The monoisotopic (exact) mass is 290 g/mol. The summed E-state index contributed by atoms with van der Waals surface area (Å²) in [5, 5.41) is 17.8. The first-order valence-corrected chi connectivity index (χ1v) is 5.60. The summed E-state index contributed by atoms with van der Waals surface area (Å²) in [6, 6.07) is 4.51. The lowest BCUT2D eigenvalue weighted by atomic mass is 10.0. The third-order valence-corrected chi connectivity index (χ3v) is 2.47. The van der Waals surface area contributed by atoms with E-state index in [-0.39, 0.29) is 12.5 Å². The summed E-state index contributed by atoms with van der Waals surface area (Å²) < 4.78 is 46.9. The van der Waals surface area contributed by atoms with E-state index in [9.17, 15) is 13.2 Å². The van der Waals surface area contributed by atoms with Gasteiger partial charge >= 0.3 is 6.18 Å². The van der Waals surface area contributed by atoms with Gasteiger partial charge in [-0.1, -0.05) is 0 Å². The van der Waals surface area contributed by atoms with Crippen molar-refractivity contribution in [1.82, 2.24) is 4.98 Å². The van der Waals surface area contributed by atoms with Crippen LogP contribution in [0.15, 0.2) is 18.3 Å². The van der Waals surface area contributed by atoms with Crippen molar-refractivity contribution in [3.8, 4) is 6.07 Å². The highest BCUT2D eigenvalue weighted by atomic mass is 19.4. The van der Waals surface area contributed by atoms with E-state index in [2.05, 4.69) is 9.72 Å². The van der Waals surface area contributed by atoms with Gasteiger partial charge in [0.05, 0.1) is 6.10 Å². The summed E-state index contributed by atoms with van der Waals surface area (Å²) in [7, 11) is 1.32. The van der Waals surface area contributed by atoms with Crippen LogP contribution in [0.5, 0.6) is 0 Å². The lowest BCUT2D eigenvalue weighted by Crippen LogP contribution is -2.31. The quantitative estimate of drug-likeness (QED) is 0.810. The molecular formula is C12H13F3N2O3. The van der Waals surface area contributed by atoms with Crippen molar-refractivity contribution in [2.75, 3.05) is 13.9 Å². The summed E-state index contributed by atoms with van der Waals surface area (Å²) in [6.45, 7) is -0.237. The van der Waals surface area contributed by atoms with Crippen LogP contribution in [0.1, 0.15) is 23.8 Å². The number of pyridine rings is 1. The Kier molecular flexibility index (Phi) is 5.88. The molecule has 0 bridgehead atoms. The zero-order valence-electron chi connectivity index (χ0n) is 10.6. The number of hydrogen-bond donors (Lipinski definition) is 1. The van der Waals surface area contributed by atoms with Gasteiger partial charge in [-0.2, -0.15) is 18.4 Å². The van der Waals surface area contributed by atoms with Crippen LogP contribution in [-0.4, -0.2) is 36.3 Å². The van der Waals surface area contributed by atoms with Crippen LogP contribution in [0.4, 0.5) is 13.2 Å². The Morgan fingerprint density at radius 3 is 2.75 bits per heavy atom. The smallest absolute Gasteiger partial charge is 0.384 e. The molecule has 0 fully saturated rings. The second-order valence-electron chi connectivity index (χ2n) is 3.94. The SMILES string of the molecule is COCOC(CC(O)C(F)(F)F)c1ccnc(C#N)c1. The molecule has 0 aliphatic carbocycles. The van der Waals surface area contributed by atoms with Crippen LogP contribution in [0.2, 0.25) is 0 Å². The molecule has 1 aromatic rings. The fraction of sp³-hybridized carbons (Fsp3) is 0.500. The average Bonchev–Trinajstić information content (AvgIpc) is 2.42. The Morgan fingerprint density at radius 2 is 2.20 bits per heavy atom. The molecule has 0 radical (unpaired) electrons. The zero-order valence-corrected chi connectivity index (χ0v) is 10.6. The first-order chi connectivity index (χ1) is 9.38. The van der Waals surface area contributed by atoms with Crippen LogP contribution in [0.3, 0.4) is 0 Å². The predicted molar refractivity (Wildman–Crippen MR) is 61.3 cm³/mol. The fourth-order valence-corrected chi connectivity index (χ4v) is 1.50. The van der Waals surface area contributed by atoms with Crippen molar-refractivity contribution in [2.24, 2.45) is 0 Å². The van der Waals surface area contributed by atoms with E-state index < -0.39 is 24.8 Å². The number of ether oxygens (including phenoxy) is 2. The third-order valence-electron chi connectivity index (χ3n) is 2.47. The second-order valence-corrected chi connectivity index (χ2v) is 3.94. The van der Waals surface area contributed by atoms with Crippen LogP contribution < -0.4 is 0 Å². The number of halogens is 3. The largest absolute Gasteiger partial charge is 0.414 e. The molecule has 0 saturated heterocycles. The summed E-state index contributed by atoms with van der Waals surface area (Å²) in [5.41, 5.74) is 0.368. The van der Waals surface area contributed by atoms with E-state index in [0.717, 1.165) is 0 Å². The number of nitriles is 1. The van der Waals surface area contributed by atoms with Crippen LogP contribution in [0, 0.1) is 11.3 Å². The van der Waals surface area contributed by atoms with Gasteiger partial charge in [0.15, 0.2) is 6.10 Å². The Bertz CT molecular complexity index is 474. The summed E-state index contributed by atoms with van der Waals surface area (Å²) in [5.74, 6) is 0. The molecule has 5 nitrogen and oxygen atoms in total. The Morgan fingerprint density at radius 1 is 1.50 bits per heavy atom. The highest BCUT2D eigenvalue weighted by molar-refractivity contribution is 5.27. The van der Waals surface area contributed by atoms with Gasteiger partial charge in [-0.3, -0.25) is 0 Å². The maximum absolute atomic E-state index is 12.4. The molecule has 8 heteroatoms. The van der Waals surface area contributed by atoms with Crippen LogP contribution >= 0.6 is 0 Å². The maximum atomic E-state index is 12.4. The number of nitrogens with zero attached hydrogens (tertiary/aromatic N) is 2. The normalized spacial score (nSPS) is 14.6. The molecule has 2 unspecified atom stereocenters. The molecule has 0 aliphatic heterocycles. The molecular weight excluding hydrogens is 277 g/mol. The van der Waals surface area contributed by atoms with E-state index in [0.29, 0.717) is 5.56 Å². The third kappa shape index (κ3) is 4.77. The van der Waals surface area contributed by atoms with Crippen LogP contribution in [-0.2, 0) is 9.47 Å². The van der Waals surface area contributed by atoms with E-state index in [1.165, 1.54) is 25.4 Å². The van der Waals surface area contributed by atoms with Gasteiger partial charge in [0.25, 0.3) is 0 Å². The van der Waals surface area contributed by atoms with Crippen molar-refractivity contribution >= 4 is 0 Å². The van der Waals surface area contributed by atoms with Gasteiger partial charge in [-0.05, 0) is 17.7 Å². The minimum absolute atomic E-state index is 0.0509. The van der Waals surface area contributed by atoms with E-state index in [1.807, 2.05) is 0 Å². The highest BCUT2D eigenvalue weighted by Crippen LogP contribution is 2.30. The predicted octanol–water partition coefficient (Wildman–Crippen LogP) is 1.93. The van der Waals surface area contributed by atoms with E-state index >= 15 is 0 Å². The van der Waals surface area contributed by atoms with E-state index in [1.54, 1.807) is 6.07 Å². The van der Waals surface area contributed by atoms with Crippen molar-refractivity contribution in [3.63, 3.8) is 0 Å². The number of aromatic nitrogens is 1. The number of methoxy groups -OCH3 is 1. The van der Waals surface area contributed by atoms with Crippen molar-refractivity contribution < 1.29 is 27.8 Å². The summed E-state index contributed by atoms with van der Waals surface area (Å²) >= 11 is 0. The van der Waals surface area contributed by atoms with Gasteiger partial charge in [0, 0.05) is 19.7 Å². The molecule has 0 aromatic carbocycles. The molecule has 20 heavy (non-hydrogen) atoms. The topological polar surface area (TPSA) is 75.4 Å². The molecule has 0 spiro atoms. The molecule has 0 aliphatic rings. The maximum Gasteiger partial charge on any atom is 0.414 e. The summed E-state index contributed by atoms with van der Waals surface area (Å²) in [6.07, 6.45) is -7.72. The number of alkyl halides is 3. The van der Waals surface area contributed by atoms with Crippen LogP contribution in [0.25, 0.3) is 0 Å². The fourth-order valence-electron chi connectivity index (χ4n) is 1.50. The molecule has 0 amide bonds. The number of hydrogen-bond acceptors (Lipinski definition) is 5. The van der Waals surface area contributed by atoms with Gasteiger partial charge in [-0.25, -0.2) is 4.98 Å². The summed E-state index contributed by atoms with van der Waals surface area (Å²) in [4.78, 5) is 3.72. The second kappa shape index (κ2) is 7.19. The number of aliphatic hydroxyl groups excluding tert-OH is 1. The van der Waals surface area contributed by atoms with E-state index in [4.69, 9.17) is 15.1 Å². The number of rotatable bonds is 6.